The van der Waals surface area contributed by atoms with E-state index in [0.29, 0.717) is 29.5 Å². The summed E-state index contributed by atoms with van der Waals surface area (Å²) in [6, 6.07) is 7.97. The molecule has 0 saturated carbocycles. The van der Waals surface area contributed by atoms with Crippen molar-refractivity contribution in [2.24, 2.45) is 0 Å². The van der Waals surface area contributed by atoms with Crippen molar-refractivity contribution < 1.29 is 9.18 Å². The van der Waals surface area contributed by atoms with Crippen molar-refractivity contribution >= 4 is 23.3 Å². The highest BCUT2D eigenvalue weighted by atomic mass is 35.5. The molecule has 0 N–H and O–H groups in total. The summed E-state index contributed by atoms with van der Waals surface area (Å²) in [5, 5.41) is 9.55. The lowest BCUT2D eigenvalue weighted by Gasteiger charge is -2.33. The van der Waals surface area contributed by atoms with Gasteiger partial charge in [-0.1, -0.05) is 23.7 Å². The van der Waals surface area contributed by atoms with Gasteiger partial charge in [0.05, 0.1) is 23.8 Å². The van der Waals surface area contributed by atoms with Crippen molar-refractivity contribution in [3.63, 3.8) is 0 Å². The third-order valence-corrected chi connectivity index (χ3v) is 5.31. The summed E-state index contributed by atoms with van der Waals surface area (Å²) in [5.41, 5.74) is 2.27. The Bertz CT molecular complexity index is 1020. The van der Waals surface area contributed by atoms with E-state index in [9.17, 15) is 9.18 Å². The van der Waals surface area contributed by atoms with Crippen LogP contribution in [0.2, 0.25) is 5.02 Å². The predicted octanol–water partition coefficient (Wildman–Crippen LogP) is 4.62. The van der Waals surface area contributed by atoms with Crippen LogP contribution >= 0.6 is 11.6 Å². The second-order valence-electron chi connectivity index (χ2n) is 7.23. The Kier molecular flexibility index (Phi) is 4.71. The van der Waals surface area contributed by atoms with Crippen LogP contribution in [0, 0.1) is 5.82 Å². The summed E-state index contributed by atoms with van der Waals surface area (Å²) < 4.78 is 16.9. The molecule has 0 aliphatic carbocycles. The van der Waals surface area contributed by atoms with Gasteiger partial charge in [0, 0.05) is 18.5 Å². The molecule has 146 valence electrons. The molecule has 8 heteroatoms. The average Bonchev–Trinajstić information content (AvgIpc) is 3.24. The van der Waals surface area contributed by atoms with E-state index in [2.05, 4.69) is 10.2 Å². The Morgan fingerprint density at radius 1 is 1.18 bits per heavy atom. The number of rotatable bonds is 4. The van der Waals surface area contributed by atoms with Crippen molar-refractivity contribution in [3.05, 3.63) is 52.9 Å². The Morgan fingerprint density at radius 2 is 1.89 bits per heavy atom. The summed E-state index contributed by atoms with van der Waals surface area (Å²) in [7, 11) is 0. The molecule has 0 saturated heterocycles. The molecule has 1 atom stereocenters. The topological polar surface area (TPSA) is 56.0 Å². The van der Waals surface area contributed by atoms with Gasteiger partial charge in [-0.3, -0.25) is 14.4 Å². The molecule has 3 heterocycles. The zero-order valence-electron chi connectivity index (χ0n) is 15.9. The molecule has 0 spiro atoms. The first-order chi connectivity index (χ1) is 13.4. The van der Waals surface area contributed by atoms with Crippen LogP contribution in [0.25, 0.3) is 11.4 Å². The fraction of sp³-hybridized carbons (Fsp3) is 0.350. The van der Waals surface area contributed by atoms with E-state index in [1.165, 1.54) is 12.1 Å². The van der Waals surface area contributed by atoms with Crippen molar-refractivity contribution in [2.75, 3.05) is 4.90 Å². The summed E-state index contributed by atoms with van der Waals surface area (Å²) >= 11 is 6.38. The maximum atomic E-state index is 13.3. The first kappa shape index (κ1) is 18.7. The van der Waals surface area contributed by atoms with Crippen LogP contribution in [0.1, 0.15) is 44.8 Å². The van der Waals surface area contributed by atoms with E-state index in [4.69, 9.17) is 11.6 Å². The number of fused-ring (bicyclic) bond motifs is 1. The number of aromatic nitrogens is 4. The van der Waals surface area contributed by atoms with E-state index in [0.717, 1.165) is 11.3 Å². The average molecular weight is 402 g/mol. The van der Waals surface area contributed by atoms with Gasteiger partial charge in [-0.2, -0.15) is 10.2 Å². The van der Waals surface area contributed by atoms with E-state index < -0.39 is 0 Å². The minimum atomic E-state index is -0.301. The van der Waals surface area contributed by atoms with Crippen molar-refractivity contribution in [3.8, 4) is 11.4 Å². The molecule has 0 radical (unpaired) electrons. The summed E-state index contributed by atoms with van der Waals surface area (Å²) in [6.07, 6.45) is 1.97. The Hall–Kier alpha value is -2.67. The number of halogens is 2. The van der Waals surface area contributed by atoms with Crippen LogP contribution < -0.4 is 4.90 Å². The molecule has 28 heavy (non-hydrogen) atoms. The highest BCUT2D eigenvalue weighted by Gasteiger charge is 2.32. The number of anilines is 1. The Balaban J connectivity index is 1.77. The van der Waals surface area contributed by atoms with Crippen LogP contribution in [-0.4, -0.2) is 25.5 Å². The monoisotopic (exact) mass is 401 g/mol. The van der Waals surface area contributed by atoms with E-state index >= 15 is 0 Å². The van der Waals surface area contributed by atoms with Crippen molar-refractivity contribution in [2.45, 2.75) is 45.8 Å². The SMILES string of the molecule is CC(c1ccc(F)cc1)N1C(=O)CCn2nc(-c3c(Cl)cnn3C(C)C)cc21. The van der Waals surface area contributed by atoms with Crippen LogP contribution in [0.5, 0.6) is 0 Å². The molecule has 2 aromatic heterocycles. The third kappa shape index (κ3) is 3.09. The lowest BCUT2D eigenvalue weighted by Crippen LogP contribution is -2.39. The standard InChI is InChI=1S/C20H21ClFN5O/c1-12(2)27-20(16(21)11-23-27)17-10-18-25(24-17)9-8-19(28)26(18)13(3)14-4-6-15(22)7-5-14/h4-7,10-13H,8-9H2,1-3H3. The van der Waals surface area contributed by atoms with Crippen molar-refractivity contribution in [1.29, 1.82) is 0 Å². The van der Waals surface area contributed by atoms with Gasteiger partial charge in [-0.05, 0) is 38.5 Å². The number of hydrogen-bond acceptors (Lipinski definition) is 3. The molecule has 0 bridgehead atoms. The number of hydrogen-bond donors (Lipinski definition) is 0. The second-order valence-corrected chi connectivity index (χ2v) is 7.64. The molecule has 1 amide bonds. The lowest BCUT2D eigenvalue weighted by molar-refractivity contribution is -0.120. The minimum Gasteiger partial charge on any atom is -0.290 e. The van der Waals surface area contributed by atoms with Gasteiger partial charge < -0.3 is 0 Å². The maximum Gasteiger partial charge on any atom is 0.230 e. The van der Waals surface area contributed by atoms with Crippen LogP contribution in [-0.2, 0) is 11.3 Å². The number of benzene rings is 1. The molecule has 6 nitrogen and oxygen atoms in total. The van der Waals surface area contributed by atoms with Crippen LogP contribution in [0.4, 0.5) is 10.2 Å². The first-order valence-electron chi connectivity index (χ1n) is 9.25. The number of amides is 1. The second kappa shape index (κ2) is 7.05. The first-order valence-corrected chi connectivity index (χ1v) is 9.63. The van der Waals surface area contributed by atoms with Gasteiger partial charge in [0.15, 0.2) is 0 Å². The van der Waals surface area contributed by atoms with Gasteiger partial charge in [-0.25, -0.2) is 9.07 Å². The zero-order chi connectivity index (χ0) is 20.0. The maximum absolute atomic E-state index is 13.3. The fourth-order valence-electron chi connectivity index (χ4n) is 3.61. The third-order valence-electron chi connectivity index (χ3n) is 5.03. The Labute approximate surface area is 167 Å². The quantitative estimate of drug-likeness (QED) is 0.641. The fourth-order valence-corrected chi connectivity index (χ4v) is 3.84. The normalized spacial score (nSPS) is 15.2. The lowest BCUT2D eigenvalue weighted by atomic mass is 10.1. The molecule has 1 aliphatic rings. The molecule has 3 aromatic rings. The van der Waals surface area contributed by atoms with Gasteiger partial charge in [0.1, 0.15) is 23.0 Å². The predicted molar refractivity (Wildman–Crippen MR) is 106 cm³/mol. The van der Waals surface area contributed by atoms with Gasteiger partial charge in [-0.15, -0.1) is 0 Å². The number of aryl methyl sites for hydroxylation is 1. The molecule has 4 rings (SSSR count). The summed E-state index contributed by atoms with van der Waals surface area (Å²) in [6.45, 7) is 6.48. The molecular formula is C20H21ClFN5O. The number of carbonyl (C=O) groups excluding carboxylic acids is 1. The highest BCUT2D eigenvalue weighted by molar-refractivity contribution is 6.33. The summed E-state index contributed by atoms with van der Waals surface area (Å²) in [5.74, 6) is 0.416. The zero-order valence-corrected chi connectivity index (χ0v) is 16.7. The molecule has 0 fully saturated rings. The smallest absolute Gasteiger partial charge is 0.230 e. The molecule has 1 aliphatic heterocycles. The van der Waals surface area contributed by atoms with E-state index in [1.54, 1.807) is 23.2 Å². The highest BCUT2D eigenvalue weighted by Crippen LogP contribution is 2.36. The van der Waals surface area contributed by atoms with Crippen molar-refractivity contribution in [1.82, 2.24) is 19.6 Å². The number of nitrogens with zero attached hydrogens (tertiary/aromatic N) is 5. The van der Waals surface area contributed by atoms with Crippen LogP contribution in [0.3, 0.4) is 0 Å². The van der Waals surface area contributed by atoms with Gasteiger partial charge in [0.25, 0.3) is 0 Å². The largest absolute Gasteiger partial charge is 0.290 e. The van der Waals surface area contributed by atoms with E-state index in [1.807, 2.05) is 36.2 Å². The van der Waals surface area contributed by atoms with E-state index in [-0.39, 0.29) is 23.8 Å². The Morgan fingerprint density at radius 3 is 2.57 bits per heavy atom. The summed E-state index contributed by atoms with van der Waals surface area (Å²) in [4.78, 5) is 14.5. The minimum absolute atomic E-state index is 0.0132. The van der Waals surface area contributed by atoms with Crippen LogP contribution in [0.15, 0.2) is 36.5 Å². The molecular weight excluding hydrogens is 381 g/mol. The number of carbonyl (C=O) groups is 1. The molecule has 1 aromatic carbocycles. The van der Waals surface area contributed by atoms with Gasteiger partial charge >= 0.3 is 0 Å². The molecule has 1 unspecified atom stereocenters. The van der Waals surface area contributed by atoms with Gasteiger partial charge in [0.2, 0.25) is 5.91 Å².